The fourth-order valence-corrected chi connectivity index (χ4v) is 4.21. The van der Waals surface area contributed by atoms with Crippen molar-refractivity contribution in [3.63, 3.8) is 0 Å². The topological polar surface area (TPSA) is 3.24 Å². The summed E-state index contributed by atoms with van der Waals surface area (Å²) in [5.74, 6) is 0. The third-order valence-corrected chi connectivity index (χ3v) is 5.28. The van der Waals surface area contributed by atoms with Gasteiger partial charge in [-0.05, 0) is 41.0 Å². The fourth-order valence-electron chi connectivity index (χ4n) is 4.21. The van der Waals surface area contributed by atoms with Crippen molar-refractivity contribution in [1.29, 1.82) is 0 Å². The van der Waals surface area contributed by atoms with Gasteiger partial charge in [-0.15, -0.1) is 0 Å². The van der Waals surface area contributed by atoms with E-state index in [1.165, 1.54) is 37.0 Å². The van der Waals surface area contributed by atoms with Gasteiger partial charge in [0, 0.05) is 12.5 Å². The highest BCUT2D eigenvalue weighted by Crippen LogP contribution is 2.37. The van der Waals surface area contributed by atoms with Crippen LogP contribution in [0.2, 0.25) is 0 Å². The van der Waals surface area contributed by atoms with E-state index in [1.54, 1.807) is 0 Å². The van der Waals surface area contributed by atoms with E-state index in [-0.39, 0.29) is 0 Å². The zero-order valence-electron chi connectivity index (χ0n) is 11.7. The third kappa shape index (κ3) is 1.70. The van der Waals surface area contributed by atoms with E-state index in [2.05, 4.69) is 39.5 Å². The van der Waals surface area contributed by atoms with Gasteiger partial charge in [-0.1, -0.05) is 0 Å². The number of quaternary nitrogens is 1. The third-order valence-electron chi connectivity index (χ3n) is 5.28. The molecule has 3 heterocycles. The minimum atomic E-state index is 0.735. The Balaban J connectivity index is 2.19. The quantitative estimate of drug-likeness (QED) is 0.667. The Morgan fingerprint density at radius 2 is 1.88 bits per heavy atom. The average molecular weight is 225 g/mol. The maximum absolute atomic E-state index is 2.75. The predicted molar refractivity (Wildman–Crippen MR) is 69.5 cm³/mol. The molecule has 3 rings (SSSR count). The molecule has 3 atom stereocenters. The Morgan fingerprint density at radius 1 is 1.19 bits per heavy atom. The van der Waals surface area contributed by atoms with Crippen LogP contribution in [-0.2, 0) is 0 Å². The van der Waals surface area contributed by atoms with Gasteiger partial charge in [0.1, 0.15) is 6.04 Å². The molecular weight excluding hydrogens is 196 g/mol. The molecule has 0 spiro atoms. The monoisotopic (exact) mass is 225 g/mol. The van der Waals surface area contributed by atoms with E-state index in [4.69, 9.17) is 0 Å². The lowest BCUT2D eigenvalue weighted by Crippen LogP contribution is -2.74. The number of nitrogens with zero attached hydrogens (tertiary/aromatic N) is 2. The van der Waals surface area contributed by atoms with E-state index in [1.807, 2.05) is 0 Å². The molecule has 16 heavy (non-hydrogen) atoms. The number of likely N-dealkylation sites (N-methyl/N-ethyl adjacent to an activating group) is 1. The first kappa shape index (κ1) is 12.4. The van der Waals surface area contributed by atoms with Crippen molar-refractivity contribution >= 4 is 0 Å². The zero-order chi connectivity index (χ0) is 11.9. The van der Waals surface area contributed by atoms with Crippen molar-refractivity contribution in [2.75, 3.05) is 19.6 Å². The van der Waals surface area contributed by atoms with E-state index >= 15 is 0 Å². The maximum Gasteiger partial charge on any atom is 0.102 e. The molecule has 3 saturated heterocycles. The molecule has 0 radical (unpaired) electrons. The number of piperazine rings is 1. The predicted octanol–water partition coefficient (Wildman–Crippen LogP) is 2.49. The van der Waals surface area contributed by atoms with Gasteiger partial charge >= 0.3 is 0 Å². The van der Waals surface area contributed by atoms with Crippen LogP contribution < -0.4 is 0 Å². The number of hydrogen-bond donors (Lipinski definition) is 0. The molecule has 0 aliphatic carbocycles. The highest BCUT2D eigenvalue weighted by Gasteiger charge is 2.51. The molecule has 2 bridgehead atoms. The molecule has 0 amide bonds. The van der Waals surface area contributed by atoms with Gasteiger partial charge < -0.3 is 4.48 Å². The lowest BCUT2D eigenvalue weighted by molar-refractivity contribution is -0.980. The normalized spacial score (nSPS) is 39.9. The number of piperidine rings is 2. The van der Waals surface area contributed by atoms with Crippen molar-refractivity contribution in [2.24, 2.45) is 0 Å². The highest BCUT2D eigenvalue weighted by atomic mass is 15.5. The van der Waals surface area contributed by atoms with Crippen molar-refractivity contribution in [3.05, 3.63) is 0 Å². The smallest absolute Gasteiger partial charge is 0.102 e. The Labute approximate surface area is 101 Å². The van der Waals surface area contributed by atoms with Crippen LogP contribution in [0.1, 0.15) is 47.5 Å². The molecule has 0 saturated carbocycles. The molecule has 3 fully saturated rings. The standard InChI is InChI=1S/C14H29N2/c1-6-16(12(4)5)10-13-7-8-14(16)9-15(13)11(2)3/h11-14H,6-10H2,1-5H3/q+1/t13?,14-,16?/m0/s1. The van der Waals surface area contributed by atoms with Gasteiger partial charge in [-0.2, -0.15) is 0 Å². The summed E-state index contributed by atoms with van der Waals surface area (Å²) in [4.78, 5) is 2.75. The Kier molecular flexibility index (Phi) is 3.33. The van der Waals surface area contributed by atoms with Gasteiger partial charge in [-0.3, -0.25) is 4.90 Å². The Hall–Kier alpha value is -0.0800. The summed E-state index contributed by atoms with van der Waals surface area (Å²) in [5, 5.41) is 0. The summed E-state index contributed by atoms with van der Waals surface area (Å²) in [6, 6.07) is 3.29. The maximum atomic E-state index is 2.75. The molecule has 0 aromatic rings. The molecule has 0 N–H and O–H groups in total. The lowest BCUT2D eigenvalue weighted by Gasteiger charge is -2.60. The van der Waals surface area contributed by atoms with Crippen LogP contribution in [0.5, 0.6) is 0 Å². The average Bonchev–Trinajstić information content (AvgIpc) is 2.28. The van der Waals surface area contributed by atoms with Crippen molar-refractivity contribution in [3.8, 4) is 0 Å². The highest BCUT2D eigenvalue weighted by molar-refractivity contribution is 4.90. The summed E-state index contributed by atoms with van der Waals surface area (Å²) in [6.45, 7) is 16.0. The van der Waals surface area contributed by atoms with E-state index in [0.29, 0.717) is 0 Å². The second kappa shape index (κ2) is 4.30. The molecule has 0 aromatic carbocycles. The van der Waals surface area contributed by atoms with Crippen LogP contribution in [0.4, 0.5) is 0 Å². The molecular formula is C14H29N2+. The SMILES string of the molecule is CC[N+]1(C(C)C)CC2CC[C@H]1CN2C(C)C. The van der Waals surface area contributed by atoms with Crippen molar-refractivity contribution in [2.45, 2.75) is 71.6 Å². The van der Waals surface area contributed by atoms with Crippen LogP contribution in [-0.4, -0.2) is 53.2 Å². The number of fused-ring (bicyclic) bond motifs is 3. The van der Waals surface area contributed by atoms with Gasteiger partial charge in [0.15, 0.2) is 0 Å². The van der Waals surface area contributed by atoms with E-state index < -0.39 is 0 Å². The van der Waals surface area contributed by atoms with Crippen LogP contribution in [0.3, 0.4) is 0 Å². The molecule has 2 unspecified atom stereocenters. The first-order valence-electron chi connectivity index (χ1n) is 7.13. The second-order valence-corrected chi connectivity index (χ2v) is 6.37. The molecule has 94 valence electrons. The summed E-state index contributed by atoms with van der Waals surface area (Å²) in [6.07, 6.45) is 2.90. The summed E-state index contributed by atoms with van der Waals surface area (Å²) < 4.78 is 1.38. The number of rotatable bonds is 3. The molecule has 3 aliphatic heterocycles. The molecule has 2 nitrogen and oxygen atoms in total. The van der Waals surface area contributed by atoms with Gasteiger partial charge in [-0.25, -0.2) is 0 Å². The van der Waals surface area contributed by atoms with Gasteiger partial charge in [0.2, 0.25) is 0 Å². The molecule has 0 aromatic heterocycles. The van der Waals surface area contributed by atoms with E-state index in [9.17, 15) is 0 Å². The fraction of sp³-hybridized carbons (Fsp3) is 1.00. The number of hydrogen-bond acceptors (Lipinski definition) is 1. The second-order valence-electron chi connectivity index (χ2n) is 6.37. The minimum Gasteiger partial charge on any atom is -0.317 e. The van der Waals surface area contributed by atoms with Crippen LogP contribution in [0, 0.1) is 0 Å². The zero-order valence-corrected chi connectivity index (χ0v) is 11.7. The van der Waals surface area contributed by atoms with Crippen LogP contribution in [0.15, 0.2) is 0 Å². The first-order valence-corrected chi connectivity index (χ1v) is 7.13. The Bertz CT molecular complexity index is 249. The van der Waals surface area contributed by atoms with Crippen molar-refractivity contribution in [1.82, 2.24) is 4.90 Å². The minimum absolute atomic E-state index is 0.735. The van der Waals surface area contributed by atoms with Crippen LogP contribution in [0.25, 0.3) is 0 Å². The lowest BCUT2D eigenvalue weighted by atomic mass is 9.85. The van der Waals surface area contributed by atoms with Crippen molar-refractivity contribution < 1.29 is 4.48 Å². The Morgan fingerprint density at radius 3 is 2.25 bits per heavy atom. The summed E-state index contributed by atoms with van der Waals surface area (Å²) in [7, 11) is 0. The first-order chi connectivity index (χ1) is 7.51. The summed E-state index contributed by atoms with van der Waals surface area (Å²) in [5.41, 5.74) is 0. The van der Waals surface area contributed by atoms with Gasteiger partial charge in [0.25, 0.3) is 0 Å². The van der Waals surface area contributed by atoms with Crippen LogP contribution >= 0.6 is 0 Å². The largest absolute Gasteiger partial charge is 0.317 e. The van der Waals surface area contributed by atoms with E-state index in [0.717, 1.165) is 24.2 Å². The summed E-state index contributed by atoms with van der Waals surface area (Å²) >= 11 is 0. The molecule has 2 heteroatoms. The molecule has 3 aliphatic rings. The van der Waals surface area contributed by atoms with Gasteiger partial charge in [0.05, 0.1) is 31.7 Å².